The lowest BCUT2D eigenvalue weighted by Crippen LogP contribution is -2.41. The number of carbonyl (C=O) groups excluding carboxylic acids is 2. The molecule has 0 radical (unpaired) electrons. The summed E-state index contributed by atoms with van der Waals surface area (Å²) in [5.41, 5.74) is -0.0776. The Morgan fingerprint density at radius 1 is 1.22 bits per heavy atom. The molecule has 0 fully saturated rings. The number of halogens is 1. The number of hydrogen-bond acceptors (Lipinski definition) is 3. The normalized spacial score (nSPS) is 11.7. The highest BCUT2D eigenvalue weighted by Crippen LogP contribution is 2.06. The molecule has 1 unspecified atom stereocenters. The summed E-state index contributed by atoms with van der Waals surface area (Å²) in [6, 6.07) is 9.27. The van der Waals surface area contributed by atoms with Crippen molar-refractivity contribution in [2.24, 2.45) is 0 Å². The zero-order chi connectivity index (χ0) is 16.7. The van der Waals surface area contributed by atoms with Crippen LogP contribution in [-0.2, 0) is 11.2 Å². The fraction of sp³-hybridized carbons (Fsp3) is 0.294. The summed E-state index contributed by atoms with van der Waals surface area (Å²) in [6.45, 7) is 1.68. The second kappa shape index (κ2) is 8.12. The lowest BCUT2D eigenvalue weighted by Gasteiger charge is -2.13. The number of benzene rings is 1. The van der Waals surface area contributed by atoms with E-state index in [1.54, 1.807) is 12.3 Å². The van der Waals surface area contributed by atoms with Crippen molar-refractivity contribution in [1.29, 1.82) is 0 Å². The van der Waals surface area contributed by atoms with E-state index in [0.29, 0.717) is 0 Å². The minimum absolute atomic E-state index is 0.0574. The topological polar surface area (TPSA) is 71.3 Å². The first-order chi connectivity index (χ1) is 11.1. The summed E-state index contributed by atoms with van der Waals surface area (Å²) in [7, 11) is 0. The van der Waals surface area contributed by atoms with Gasteiger partial charge in [0.25, 0.3) is 5.91 Å². The highest BCUT2D eigenvalue weighted by atomic mass is 19.1. The molecule has 1 aromatic heterocycles. The van der Waals surface area contributed by atoms with Gasteiger partial charge in [-0.25, -0.2) is 4.39 Å². The van der Waals surface area contributed by atoms with Crippen LogP contribution >= 0.6 is 0 Å². The Morgan fingerprint density at radius 3 is 2.70 bits per heavy atom. The molecule has 6 heteroatoms. The van der Waals surface area contributed by atoms with E-state index in [2.05, 4.69) is 10.6 Å². The van der Waals surface area contributed by atoms with E-state index >= 15 is 0 Å². The van der Waals surface area contributed by atoms with Gasteiger partial charge < -0.3 is 15.1 Å². The van der Waals surface area contributed by atoms with Gasteiger partial charge in [0, 0.05) is 12.5 Å². The van der Waals surface area contributed by atoms with Crippen LogP contribution in [0.2, 0.25) is 0 Å². The van der Waals surface area contributed by atoms with Crippen molar-refractivity contribution in [1.82, 2.24) is 10.6 Å². The van der Waals surface area contributed by atoms with Crippen LogP contribution in [0.15, 0.2) is 47.1 Å². The maximum atomic E-state index is 13.4. The van der Waals surface area contributed by atoms with Gasteiger partial charge in [-0.05, 0) is 37.6 Å². The minimum Gasteiger partial charge on any atom is -0.469 e. The largest absolute Gasteiger partial charge is 0.469 e. The number of aryl methyl sites for hydroxylation is 1. The lowest BCUT2D eigenvalue weighted by molar-refractivity contribution is -0.120. The predicted octanol–water partition coefficient (Wildman–Crippen LogP) is 2.29. The quantitative estimate of drug-likeness (QED) is 0.823. The average Bonchev–Trinajstić information content (AvgIpc) is 3.04. The number of rotatable bonds is 7. The zero-order valence-electron chi connectivity index (χ0n) is 12.8. The van der Waals surface area contributed by atoms with Crippen LogP contribution in [0.1, 0.15) is 29.5 Å². The molecule has 0 aliphatic rings. The fourth-order valence-corrected chi connectivity index (χ4v) is 2.11. The van der Waals surface area contributed by atoms with Crippen LogP contribution in [0.3, 0.4) is 0 Å². The van der Waals surface area contributed by atoms with Gasteiger partial charge in [-0.2, -0.15) is 0 Å². The third-order valence-corrected chi connectivity index (χ3v) is 3.34. The van der Waals surface area contributed by atoms with Crippen molar-refractivity contribution in [3.8, 4) is 0 Å². The maximum absolute atomic E-state index is 13.4. The molecule has 2 amide bonds. The van der Waals surface area contributed by atoms with Crippen molar-refractivity contribution < 1.29 is 18.4 Å². The van der Waals surface area contributed by atoms with E-state index < -0.39 is 11.7 Å². The Balaban J connectivity index is 1.72. The second-order valence-electron chi connectivity index (χ2n) is 5.25. The first-order valence-corrected chi connectivity index (χ1v) is 7.40. The van der Waals surface area contributed by atoms with Gasteiger partial charge >= 0.3 is 0 Å². The number of furan rings is 1. The molecule has 0 saturated heterocycles. The summed E-state index contributed by atoms with van der Waals surface area (Å²) in [4.78, 5) is 23.6. The van der Waals surface area contributed by atoms with Gasteiger partial charge in [-0.15, -0.1) is 0 Å². The fourth-order valence-electron chi connectivity index (χ4n) is 2.11. The van der Waals surface area contributed by atoms with Gasteiger partial charge in [0.2, 0.25) is 5.91 Å². The Morgan fingerprint density at radius 2 is 2.00 bits per heavy atom. The minimum atomic E-state index is -0.614. The van der Waals surface area contributed by atoms with Crippen LogP contribution in [0, 0.1) is 5.82 Å². The Bertz CT molecular complexity index is 656. The molecule has 2 rings (SSSR count). The molecule has 122 valence electrons. The third kappa shape index (κ3) is 5.25. The third-order valence-electron chi connectivity index (χ3n) is 3.34. The van der Waals surface area contributed by atoms with Crippen LogP contribution in [-0.4, -0.2) is 24.4 Å². The van der Waals surface area contributed by atoms with E-state index in [0.717, 1.165) is 18.6 Å². The average molecular weight is 318 g/mol. The summed E-state index contributed by atoms with van der Waals surface area (Å²) in [6.07, 6.45) is 3.05. The van der Waals surface area contributed by atoms with E-state index in [4.69, 9.17) is 4.42 Å². The first-order valence-electron chi connectivity index (χ1n) is 7.40. The molecule has 0 aliphatic carbocycles. The van der Waals surface area contributed by atoms with Gasteiger partial charge in [-0.1, -0.05) is 12.1 Å². The van der Waals surface area contributed by atoms with Crippen LogP contribution in [0.25, 0.3) is 0 Å². The SMILES string of the molecule is CC(CCc1ccco1)NC(=O)CNC(=O)c1ccccc1F. The molecular weight excluding hydrogens is 299 g/mol. The van der Waals surface area contributed by atoms with Gasteiger partial charge in [0.1, 0.15) is 11.6 Å². The molecular formula is C17H19FN2O3. The van der Waals surface area contributed by atoms with Gasteiger partial charge in [-0.3, -0.25) is 9.59 Å². The zero-order valence-corrected chi connectivity index (χ0v) is 12.8. The summed E-state index contributed by atoms with van der Waals surface area (Å²) in [5, 5.41) is 5.18. The molecule has 1 atom stereocenters. The number of hydrogen-bond donors (Lipinski definition) is 2. The Kier molecular flexibility index (Phi) is 5.91. The van der Waals surface area contributed by atoms with Crippen LogP contribution in [0.4, 0.5) is 4.39 Å². The highest BCUT2D eigenvalue weighted by molar-refractivity contribution is 5.96. The molecule has 1 heterocycles. The van der Waals surface area contributed by atoms with Gasteiger partial charge in [0.15, 0.2) is 0 Å². The molecule has 5 nitrogen and oxygen atoms in total. The number of amides is 2. The Hall–Kier alpha value is -2.63. The van der Waals surface area contributed by atoms with Crippen LogP contribution in [0.5, 0.6) is 0 Å². The smallest absolute Gasteiger partial charge is 0.254 e. The highest BCUT2D eigenvalue weighted by Gasteiger charge is 2.13. The monoisotopic (exact) mass is 318 g/mol. The molecule has 0 spiro atoms. The number of carbonyl (C=O) groups is 2. The van der Waals surface area contributed by atoms with Crippen molar-refractivity contribution in [3.05, 3.63) is 59.8 Å². The van der Waals surface area contributed by atoms with Crippen molar-refractivity contribution >= 4 is 11.8 Å². The van der Waals surface area contributed by atoms with Crippen molar-refractivity contribution in [3.63, 3.8) is 0 Å². The Labute approximate surface area is 133 Å². The molecule has 2 aromatic rings. The van der Waals surface area contributed by atoms with E-state index in [-0.39, 0.29) is 24.1 Å². The van der Waals surface area contributed by atoms with E-state index in [1.165, 1.54) is 18.2 Å². The van der Waals surface area contributed by atoms with Crippen LogP contribution < -0.4 is 10.6 Å². The maximum Gasteiger partial charge on any atom is 0.254 e. The van der Waals surface area contributed by atoms with E-state index in [1.807, 2.05) is 19.1 Å². The first kappa shape index (κ1) is 16.7. The van der Waals surface area contributed by atoms with Gasteiger partial charge in [0.05, 0.1) is 18.4 Å². The lowest BCUT2D eigenvalue weighted by atomic mass is 10.1. The molecule has 23 heavy (non-hydrogen) atoms. The molecule has 1 aromatic carbocycles. The molecule has 0 aliphatic heterocycles. The van der Waals surface area contributed by atoms with E-state index in [9.17, 15) is 14.0 Å². The summed E-state index contributed by atoms with van der Waals surface area (Å²) in [5.74, 6) is -0.681. The standard InChI is InChI=1S/C17H19FN2O3/c1-12(8-9-13-5-4-10-23-13)20-16(21)11-19-17(22)14-6-2-3-7-15(14)18/h2-7,10,12H,8-9,11H2,1H3,(H,19,22)(H,20,21). The van der Waals surface area contributed by atoms with Crippen molar-refractivity contribution in [2.75, 3.05) is 6.54 Å². The second-order valence-corrected chi connectivity index (χ2v) is 5.25. The summed E-state index contributed by atoms with van der Waals surface area (Å²) >= 11 is 0. The summed E-state index contributed by atoms with van der Waals surface area (Å²) < 4.78 is 18.7. The molecule has 0 saturated carbocycles. The van der Waals surface area contributed by atoms with Crippen molar-refractivity contribution in [2.45, 2.75) is 25.8 Å². The number of nitrogens with one attached hydrogen (secondary N) is 2. The predicted molar refractivity (Wildman–Crippen MR) is 83.4 cm³/mol. The molecule has 0 bridgehead atoms. The molecule has 2 N–H and O–H groups in total.